The summed E-state index contributed by atoms with van der Waals surface area (Å²) in [4.78, 5) is 26.0. The molecule has 1 unspecified atom stereocenters. The van der Waals surface area contributed by atoms with Gasteiger partial charge in [-0.2, -0.15) is 5.21 Å². The number of ether oxygens (including phenoxy) is 2. The Bertz CT molecular complexity index is 1330. The molecular weight excluding hydrogens is 490 g/mol. The van der Waals surface area contributed by atoms with E-state index in [-0.39, 0.29) is 5.91 Å². The van der Waals surface area contributed by atoms with Crippen LogP contribution in [0.3, 0.4) is 0 Å². The van der Waals surface area contributed by atoms with E-state index < -0.39 is 6.10 Å². The average molecular weight is 518 g/mol. The fourth-order valence-corrected chi connectivity index (χ4v) is 4.70. The Hall–Kier alpha value is -4.18. The Morgan fingerprint density at radius 2 is 1.86 bits per heavy atom. The number of hydrogen-bond acceptors (Lipinski definition) is 8. The molecule has 4 aromatic rings. The molecule has 1 aromatic heterocycles. The summed E-state index contributed by atoms with van der Waals surface area (Å²) in [7, 11) is 1.59. The number of rotatable bonds is 12. The van der Waals surface area contributed by atoms with Crippen molar-refractivity contribution in [2.24, 2.45) is 0 Å². The molecule has 190 valence electrons. The number of H-pyrrole nitrogens is 1. The van der Waals surface area contributed by atoms with E-state index >= 15 is 0 Å². The fraction of sp³-hybridized carbons (Fsp3) is 0.222. The highest BCUT2D eigenvalue weighted by molar-refractivity contribution is 7.99. The Kier molecular flexibility index (Phi) is 8.88. The van der Waals surface area contributed by atoms with Gasteiger partial charge in [0.25, 0.3) is 5.91 Å². The normalized spacial score (nSPS) is 11.5. The number of benzene rings is 3. The van der Waals surface area contributed by atoms with Gasteiger partial charge >= 0.3 is 0 Å². The third kappa shape index (κ3) is 6.53. The molecule has 1 heterocycles. The quantitative estimate of drug-likeness (QED) is 0.239. The van der Waals surface area contributed by atoms with Crippen molar-refractivity contribution in [3.8, 4) is 22.9 Å². The Morgan fingerprint density at radius 3 is 2.57 bits per heavy atom. The molecule has 0 radical (unpaired) electrons. The molecule has 0 aliphatic rings. The number of aldehydes is 1. The van der Waals surface area contributed by atoms with Crippen LogP contribution in [0.5, 0.6) is 11.5 Å². The molecule has 4 rings (SSSR count). The summed E-state index contributed by atoms with van der Waals surface area (Å²) in [5.41, 5.74) is 1.82. The highest BCUT2D eigenvalue weighted by atomic mass is 32.2. The van der Waals surface area contributed by atoms with Crippen LogP contribution >= 0.6 is 11.8 Å². The Morgan fingerprint density at radius 1 is 1.08 bits per heavy atom. The topological polar surface area (TPSA) is 119 Å². The minimum atomic E-state index is -0.488. The van der Waals surface area contributed by atoms with Gasteiger partial charge in [-0.15, -0.1) is 10.2 Å². The molecule has 0 aliphatic carbocycles. The van der Waals surface area contributed by atoms with Crippen molar-refractivity contribution in [1.82, 2.24) is 20.6 Å². The van der Waals surface area contributed by atoms with Crippen LogP contribution in [-0.2, 0) is 4.79 Å². The summed E-state index contributed by atoms with van der Waals surface area (Å²) in [6, 6.07) is 19.9. The number of nitrogens with one attached hydrogen (secondary N) is 2. The number of carbonyl (C=O) groups excluding carboxylic acids is 2. The van der Waals surface area contributed by atoms with E-state index in [4.69, 9.17) is 9.47 Å². The highest BCUT2D eigenvalue weighted by Crippen LogP contribution is 2.42. The second kappa shape index (κ2) is 12.7. The van der Waals surface area contributed by atoms with Crippen LogP contribution in [0.2, 0.25) is 0 Å². The van der Waals surface area contributed by atoms with Crippen LogP contribution in [0.4, 0.5) is 5.69 Å². The monoisotopic (exact) mass is 517 g/mol. The number of nitrogens with zero attached hydrogens (tertiary/aromatic N) is 3. The highest BCUT2D eigenvalue weighted by Gasteiger charge is 2.18. The summed E-state index contributed by atoms with van der Waals surface area (Å²) in [5.74, 6) is 1.31. The molecule has 0 aliphatic heterocycles. The minimum Gasteiger partial charge on any atom is -0.496 e. The van der Waals surface area contributed by atoms with Gasteiger partial charge in [-0.05, 0) is 66.6 Å². The zero-order valence-corrected chi connectivity index (χ0v) is 21.3. The standard InChI is InChI=1S/C27H27N5O4S/c1-3-4-8-20(17-33)36-19-15-13-18(14-16-19)27(34)28-21-9-5-6-11-23(21)37-24-12-7-10-22(35-2)25(24)26-29-31-32-30-26/h5-7,9-17,20H,3-4,8H2,1-2H3,(H,28,34)(H,29,30,31,32). The predicted octanol–water partition coefficient (Wildman–Crippen LogP) is 5.42. The van der Waals surface area contributed by atoms with Crippen LogP contribution < -0.4 is 14.8 Å². The average Bonchev–Trinajstić information content (AvgIpc) is 3.47. The van der Waals surface area contributed by atoms with E-state index in [1.54, 1.807) is 31.4 Å². The van der Waals surface area contributed by atoms with E-state index in [0.29, 0.717) is 40.6 Å². The number of para-hydroxylation sites is 1. The zero-order valence-electron chi connectivity index (χ0n) is 20.5. The molecule has 1 amide bonds. The Balaban J connectivity index is 1.51. The largest absolute Gasteiger partial charge is 0.496 e. The number of aromatic nitrogens is 4. The summed E-state index contributed by atoms with van der Waals surface area (Å²) in [5, 5.41) is 17.4. The molecule has 1 atom stereocenters. The first kappa shape index (κ1) is 25.9. The van der Waals surface area contributed by atoms with Crippen molar-refractivity contribution in [1.29, 1.82) is 0 Å². The van der Waals surface area contributed by atoms with Crippen LogP contribution in [0.1, 0.15) is 36.5 Å². The lowest BCUT2D eigenvalue weighted by Crippen LogP contribution is -2.18. The van der Waals surface area contributed by atoms with Crippen molar-refractivity contribution < 1.29 is 19.1 Å². The summed E-state index contributed by atoms with van der Waals surface area (Å²) in [6.07, 6.45) is 2.89. The lowest BCUT2D eigenvalue weighted by molar-refractivity contribution is -0.114. The van der Waals surface area contributed by atoms with Crippen molar-refractivity contribution in [3.63, 3.8) is 0 Å². The van der Waals surface area contributed by atoms with E-state index in [1.807, 2.05) is 42.5 Å². The molecule has 9 nitrogen and oxygen atoms in total. The van der Waals surface area contributed by atoms with Gasteiger partial charge in [0.1, 0.15) is 11.5 Å². The molecular formula is C27H27N5O4S. The van der Waals surface area contributed by atoms with Crippen LogP contribution in [-0.4, -0.2) is 46.0 Å². The van der Waals surface area contributed by atoms with Gasteiger partial charge in [0.15, 0.2) is 12.4 Å². The minimum absolute atomic E-state index is 0.262. The number of carbonyl (C=O) groups is 2. The van der Waals surface area contributed by atoms with Crippen molar-refractivity contribution >= 4 is 29.6 Å². The SMILES string of the molecule is CCCCC(C=O)Oc1ccc(C(=O)Nc2ccccc2Sc2cccc(OC)c2-c2nn[nH]n2)cc1. The zero-order chi connectivity index (χ0) is 26.0. The number of anilines is 1. The van der Waals surface area contributed by atoms with Crippen molar-refractivity contribution in [2.45, 2.75) is 42.1 Å². The smallest absolute Gasteiger partial charge is 0.255 e. The fourth-order valence-electron chi connectivity index (χ4n) is 3.65. The van der Waals surface area contributed by atoms with Gasteiger partial charge in [0.05, 0.1) is 18.4 Å². The van der Waals surface area contributed by atoms with Gasteiger partial charge in [0, 0.05) is 15.4 Å². The van der Waals surface area contributed by atoms with E-state index in [1.165, 1.54) is 11.8 Å². The summed E-state index contributed by atoms with van der Waals surface area (Å²) >= 11 is 1.45. The first-order valence-electron chi connectivity index (χ1n) is 11.8. The lowest BCUT2D eigenvalue weighted by Gasteiger charge is -2.15. The molecule has 0 bridgehead atoms. The number of aromatic amines is 1. The second-order valence-electron chi connectivity index (χ2n) is 8.08. The van der Waals surface area contributed by atoms with Gasteiger partial charge in [0.2, 0.25) is 5.82 Å². The first-order valence-corrected chi connectivity index (χ1v) is 12.7. The predicted molar refractivity (Wildman–Crippen MR) is 141 cm³/mol. The number of methoxy groups -OCH3 is 1. The molecule has 0 saturated carbocycles. The van der Waals surface area contributed by atoms with Crippen molar-refractivity contribution in [2.75, 3.05) is 12.4 Å². The maximum Gasteiger partial charge on any atom is 0.255 e. The molecule has 10 heteroatoms. The molecule has 0 saturated heterocycles. The van der Waals surface area contributed by atoms with Gasteiger partial charge in [-0.25, -0.2) is 0 Å². The summed E-state index contributed by atoms with van der Waals surface area (Å²) in [6.45, 7) is 2.06. The van der Waals surface area contributed by atoms with E-state index in [9.17, 15) is 9.59 Å². The first-order chi connectivity index (χ1) is 18.1. The van der Waals surface area contributed by atoms with Crippen LogP contribution in [0.25, 0.3) is 11.4 Å². The number of tetrazole rings is 1. The van der Waals surface area contributed by atoms with Crippen molar-refractivity contribution in [3.05, 3.63) is 72.3 Å². The van der Waals surface area contributed by atoms with Gasteiger partial charge in [-0.3, -0.25) is 9.59 Å². The Labute approximate surface area is 219 Å². The van der Waals surface area contributed by atoms with Crippen LogP contribution in [0.15, 0.2) is 76.5 Å². The number of hydrogen-bond donors (Lipinski definition) is 2. The number of unbranched alkanes of at least 4 members (excludes halogenated alkanes) is 1. The van der Waals surface area contributed by atoms with E-state index in [0.717, 1.165) is 28.9 Å². The molecule has 3 aromatic carbocycles. The second-order valence-corrected chi connectivity index (χ2v) is 9.16. The van der Waals surface area contributed by atoms with Gasteiger partial charge in [-0.1, -0.05) is 43.3 Å². The summed E-state index contributed by atoms with van der Waals surface area (Å²) < 4.78 is 11.3. The third-order valence-corrected chi connectivity index (χ3v) is 6.67. The molecule has 0 spiro atoms. The lowest BCUT2D eigenvalue weighted by atomic mass is 10.1. The molecule has 2 N–H and O–H groups in total. The van der Waals surface area contributed by atoms with E-state index in [2.05, 4.69) is 32.9 Å². The van der Waals surface area contributed by atoms with Gasteiger partial charge < -0.3 is 14.8 Å². The van der Waals surface area contributed by atoms with Crippen LogP contribution in [0, 0.1) is 0 Å². The number of amides is 1. The molecule has 0 fully saturated rings. The maximum absolute atomic E-state index is 13.0. The third-order valence-electron chi connectivity index (χ3n) is 5.53. The molecule has 37 heavy (non-hydrogen) atoms. The maximum atomic E-state index is 13.0.